The quantitative estimate of drug-likeness (QED) is 0.427. The molecule has 0 aromatic rings. The van der Waals surface area contributed by atoms with Crippen LogP contribution in [-0.4, -0.2) is 49.6 Å². The van der Waals surface area contributed by atoms with E-state index in [-0.39, 0.29) is 41.7 Å². The molecule has 2 heterocycles. The number of carbonyl (C=O) groups is 2. The van der Waals surface area contributed by atoms with Crippen molar-refractivity contribution in [2.45, 2.75) is 51.4 Å². The Balaban J connectivity index is 1.71. The second kappa shape index (κ2) is 5.43. The Morgan fingerprint density at radius 3 is 2.74 bits per heavy atom. The van der Waals surface area contributed by atoms with Crippen LogP contribution in [0.3, 0.4) is 0 Å². The number of rotatable bonds is 1. The van der Waals surface area contributed by atoms with Crippen molar-refractivity contribution in [1.29, 1.82) is 0 Å². The number of ether oxygens (including phenoxy) is 3. The normalized spacial score (nSPS) is 54.0. The van der Waals surface area contributed by atoms with Gasteiger partial charge in [-0.2, -0.15) is 0 Å². The number of methoxy groups -OCH3 is 1. The van der Waals surface area contributed by atoms with Gasteiger partial charge in [0.15, 0.2) is 12.1 Å². The number of esters is 1. The third kappa shape index (κ3) is 1.92. The van der Waals surface area contributed by atoms with Crippen LogP contribution in [0.2, 0.25) is 0 Å². The van der Waals surface area contributed by atoms with E-state index in [2.05, 4.69) is 13.5 Å². The Morgan fingerprint density at radius 2 is 2.00 bits per heavy atom. The summed E-state index contributed by atoms with van der Waals surface area (Å²) in [5.41, 5.74) is -1.37. The first kappa shape index (κ1) is 17.8. The number of carbonyl (C=O) groups excluding carboxylic acids is 2. The molecule has 6 nitrogen and oxygen atoms in total. The van der Waals surface area contributed by atoms with Gasteiger partial charge in [-0.3, -0.25) is 9.59 Å². The standard InChI is InChI=1S/C21H28O6/c1-11-12-7-13(25-3)14-20(10-27-18(24)21(14,8-12)16(11)22)6-4-5-19(2)9-26-17(23)15(19)20/h12-15,17,23H,1,4-10H2,2-3H3. The van der Waals surface area contributed by atoms with Gasteiger partial charge in [0.25, 0.3) is 0 Å². The lowest BCUT2D eigenvalue weighted by molar-refractivity contribution is -0.243. The third-order valence-electron chi connectivity index (χ3n) is 8.57. The Kier molecular flexibility index (Phi) is 3.58. The number of hydrogen-bond donors (Lipinski definition) is 1. The van der Waals surface area contributed by atoms with E-state index in [1.54, 1.807) is 7.11 Å². The molecule has 5 rings (SSSR count). The minimum atomic E-state index is -1.21. The second-order valence-corrected chi connectivity index (χ2v) is 9.71. The molecular formula is C21H28O6. The summed E-state index contributed by atoms with van der Waals surface area (Å²) in [7, 11) is 1.66. The number of aliphatic hydroxyl groups is 1. The van der Waals surface area contributed by atoms with Crippen molar-refractivity contribution >= 4 is 11.8 Å². The van der Waals surface area contributed by atoms with E-state index in [9.17, 15) is 14.7 Å². The van der Waals surface area contributed by atoms with Crippen molar-refractivity contribution in [3.8, 4) is 0 Å². The van der Waals surface area contributed by atoms with Gasteiger partial charge in [-0.25, -0.2) is 0 Å². The summed E-state index contributed by atoms with van der Waals surface area (Å²) in [5.74, 6) is -1.10. The van der Waals surface area contributed by atoms with Crippen LogP contribution in [0, 0.1) is 34.0 Å². The zero-order valence-corrected chi connectivity index (χ0v) is 16.0. The molecule has 8 unspecified atom stereocenters. The number of fused-ring (bicyclic) bond motifs is 4. The molecule has 5 fully saturated rings. The zero-order valence-electron chi connectivity index (χ0n) is 16.0. The fourth-order valence-corrected chi connectivity index (χ4v) is 7.62. The predicted molar refractivity (Wildman–Crippen MR) is 94.4 cm³/mol. The van der Waals surface area contributed by atoms with Gasteiger partial charge >= 0.3 is 5.97 Å². The lowest BCUT2D eigenvalue weighted by Gasteiger charge is -2.61. The van der Waals surface area contributed by atoms with Gasteiger partial charge in [0.05, 0.1) is 19.3 Å². The van der Waals surface area contributed by atoms with Crippen molar-refractivity contribution < 1.29 is 28.9 Å². The van der Waals surface area contributed by atoms with E-state index in [0.29, 0.717) is 25.0 Å². The maximum absolute atomic E-state index is 13.3. The molecule has 2 spiro atoms. The van der Waals surface area contributed by atoms with Gasteiger partial charge in [-0.1, -0.05) is 19.9 Å². The highest BCUT2D eigenvalue weighted by Crippen LogP contribution is 2.69. The highest BCUT2D eigenvalue weighted by Gasteiger charge is 2.76. The minimum Gasteiger partial charge on any atom is -0.464 e. The fourth-order valence-electron chi connectivity index (χ4n) is 7.62. The van der Waals surface area contributed by atoms with Gasteiger partial charge < -0.3 is 19.3 Å². The molecule has 0 amide bonds. The van der Waals surface area contributed by atoms with Crippen LogP contribution in [-0.2, 0) is 23.8 Å². The Morgan fingerprint density at radius 1 is 1.22 bits per heavy atom. The van der Waals surface area contributed by atoms with Crippen LogP contribution in [0.1, 0.15) is 39.0 Å². The summed E-state index contributed by atoms with van der Waals surface area (Å²) in [6, 6.07) is 0. The first-order valence-electron chi connectivity index (χ1n) is 10.0. The number of Topliss-reactive ketones (excluding diaryl/α,β-unsaturated/α-hetero) is 1. The molecule has 1 N–H and O–H groups in total. The molecule has 27 heavy (non-hydrogen) atoms. The van der Waals surface area contributed by atoms with Crippen molar-refractivity contribution in [3.63, 3.8) is 0 Å². The summed E-state index contributed by atoms with van der Waals surface area (Å²) in [5, 5.41) is 10.8. The number of hydrogen-bond acceptors (Lipinski definition) is 6. The molecule has 0 aromatic heterocycles. The Bertz CT molecular complexity index is 728. The maximum atomic E-state index is 13.3. The third-order valence-corrected chi connectivity index (χ3v) is 8.57. The smallest absolute Gasteiger partial charge is 0.320 e. The average molecular weight is 376 g/mol. The molecule has 2 aliphatic heterocycles. The highest BCUT2D eigenvalue weighted by molar-refractivity contribution is 6.15. The van der Waals surface area contributed by atoms with Gasteiger partial charge in [0, 0.05) is 24.4 Å². The van der Waals surface area contributed by atoms with E-state index < -0.39 is 23.1 Å². The van der Waals surface area contributed by atoms with E-state index in [0.717, 1.165) is 19.3 Å². The van der Waals surface area contributed by atoms with Gasteiger partial charge in [-0.05, 0) is 42.6 Å². The molecule has 6 heteroatoms. The largest absolute Gasteiger partial charge is 0.464 e. The number of allylic oxidation sites excluding steroid dienone is 1. The molecular weight excluding hydrogens is 348 g/mol. The monoisotopic (exact) mass is 376 g/mol. The maximum Gasteiger partial charge on any atom is 0.320 e. The van der Waals surface area contributed by atoms with Crippen molar-refractivity contribution in [2.75, 3.05) is 20.3 Å². The highest BCUT2D eigenvalue weighted by atomic mass is 16.6. The number of cyclic esters (lactones) is 1. The molecule has 2 saturated heterocycles. The van der Waals surface area contributed by atoms with E-state index >= 15 is 0 Å². The summed E-state index contributed by atoms with van der Waals surface area (Å²) in [4.78, 5) is 26.4. The van der Waals surface area contributed by atoms with Crippen LogP contribution in [0.25, 0.3) is 0 Å². The first-order chi connectivity index (χ1) is 12.8. The van der Waals surface area contributed by atoms with Gasteiger partial charge in [0.1, 0.15) is 5.41 Å². The summed E-state index contributed by atoms with van der Waals surface area (Å²) >= 11 is 0. The lowest BCUT2D eigenvalue weighted by atomic mass is 9.44. The molecule has 0 radical (unpaired) electrons. The molecule has 5 aliphatic rings. The van der Waals surface area contributed by atoms with Crippen molar-refractivity contribution in [2.24, 2.45) is 34.0 Å². The van der Waals surface area contributed by atoms with Crippen molar-refractivity contribution in [1.82, 2.24) is 0 Å². The van der Waals surface area contributed by atoms with Crippen LogP contribution in [0.5, 0.6) is 0 Å². The second-order valence-electron chi connectivity index (χ2n) is 9.71. The SMILES string of the molecule is C=C1C(=O)C23CC1CC(OC)C2C1(CCCC2(C)COC(O)C21)COC3=O. The van der Waals surface area contributed by atoms with E-state index in [1.165, 1.54) is 0 Å². The van der Waals surface area contributed by atoms with E-state index in [4.69, 9.17) is 14.2 Å². The summed E-state index contributed by atoms with van der Waals surface area (Å²) in [6.45, 7) is 6.88. The number of ketones is 1. The molecule has 148 valence electrons. The minimum absolute atomic E-state index is 0.0267. The van der Waals surface area contributed by atoms with Gasteiger partial charge in [0.2, 0.25) is 0 Å². The number of aliphatic hydroxyl groups excluding tert-OH is 1. The molecule has 8 atom stereocenters. The predicted octanol–water partition coefficient (Wildman–Crippen LogP) is 1.85. The lowest BCUT2D eigenvalue weighted by Crippen LogP contribution is -2.67. The van der Waals surface area contributed by atoms with Crippen LogP contribution in [0.15, 0.2) is 12.2 Å². The van der Waals surface area contributed by atoms with E-state index in [1.807, 2.05) is 0 Å². The fraction of sp³-hybridized carbons (Fsp3) is 0.810. The van der Waals surface area contributed by atoms with Crippen molar-refractivity contribution in [3.05, 3.63) is 12.2 Å². The molecule has 3 aliphatic carbocycles. The Labute approximate surface area is 159 Å². The molecule has 3 saturated carbocycles. The summed E-state index contributed by atoms with van der Waals surface area (Å²) in [6.07, 6.45) is 2.76. The molecule has 2 bridgehead atoms. The van der Waals surface area contributed by atoms with Crippen LogP contribution in [0.4, 0.5) is 0 Å². The van der Waals surface area contributed by atoms with Crippen LogP contribution < -0.4 is 0 Å². The molecule has 0 aromatic carbocycles. The zero-order chi connectivity index (χ0) is 19.2. The first-order valence-corrected chi connectivity index (χ1v) is 10.0. The topological polar surface area (TPSA) is 82.1 Å². The van der Waals surface area contributed by atoms with Gasteiger partial charge in [-0.15, -0.1) is 0 Å². The van der Waals surface area contributed by atoms with Crippen LogP contribution >= 0.6 is 0 Å². The average Bonchev–Trinajstić information content (AvgIpc) is 3.07. The summed E-state index contributed by atoms with van der Waals surface area (Å²) < 4.78 is 17.4. The Hall–Kier alpha value is -1.24.